The van der Waals surface area contributed by atoms with Crippen LogP contribution in [0.3, 0.4) is 0 Å². The first-order valence-corrected chi connectivity index (χ1v) is 5.73. The highest BCUT2D eigenvalue weighted by atomic mass is 79.9. The van der Waals surface area contributed by atoms with Gasteiger partial charge in [-0.3, -0.25) is 4.79 Å². The number of nitrogens with one attached hydrogen (secondary N) is 1. The van der Waals surface area contributed by atoms with Gasteiger partial charge in [0, 0.05) is 25.7 Å². The molecule has 2 rings (SSSR count). The lowest BCUT2D eigenvalue weighted by atomic mass is 10.2. The third kappa shape index (κ3) is 2.78. The van der Waals surface area contributed by atoms with Crippen LogP contribution in [-0.2, 0) is 0 Å². The van der Waals surface area contributed by atoms with Crippen LogP contribution in [0.1, 0.15) is 17.5 Å². The van der Waals surface area contributed by atoms with Crippen molar-refractivity contribution in [3.63, 3.8) is 0 Å². The van der Waals surface area contributed by atoms with Crippen LogP contribution in [0, 0.1) is 0 Å². The van der Waals surface area contributed by atoms with Crippen molar-refractivity contribution in [2.45, 2.75) is 13.0 Å². The minimum absolute atomic E-state index is 0. The fourth-order valence-corrected chi connectivity index (χ4v) is 2.08. The first kappa shape index (κ1) is 13.5. The largest absolute Gasteiger partial charge is 0.458 e. The van der Waals surface area contributed by atoms with Crippen molar-refractivity contribution in [1.29, 1.82) is 0 Å². The SMILES string of the molecule is C[C@@H]1CN(C(=O)c2occc2Br)CCN1.Cl. The second kappa shape index (κ2) is 5.70. The Bertz CT molecular complexity index is 369. The van der Waals surface area contributed by atoms with E-state index in [9.17, 15) is 4.79 Å². The topological polar surface area (TPSA) is 45.5 Å². The van der Waals surface area contributed by atoms with Gasteiger partial charge in [0.05, 0.1) is 10.7 Å². The minimum Gasteiger partial charge on any atom is -0.458 e. The van der Waals surface area contributed by atoms with Crippen molar-refractivity contribution >= 4 is 34.2 Å². The molecular formula is C10H14BrClN2O2. The van der Waals surface area contributed by atoms with Gasteiger partial charge in [0.1, 0.15) is 0 Å². The van der Waals surface area contributed by atoms with E-state index >= 15 is 0 Å². The van der Waals surface area contributed by atoms with Crippen molar-refractivity contribution < 1.29 is 9.21 Å². The first-order valence-electron chi connectivity index (χ1n) is 4.94. The molecule has 6 heteroatoms. The highest BCUT2D eigenvalue weighted by Crippen LogP contribution is 2.19. The normalized spacial score (nSPS) is 20.4. The van der Waals surface area contributed by atoms with Crippen LogP contribution in [0.5, 0.6) is 0 Å². The average Bonchev–Trinajstić information content (AvgIpc) is 2.63. The van der Waals surface area contributed by atoms with Gasteiger partial charge in [0.2, 0.25) is 5.76 Å². The Kier molecular flexibility index (Phi) is 4.83. The van der Waals surface area contributed by atoms with Gasteiger partial charge in [0.25, 0.3) is 5.91 Å². The Hall–Kier alpha value is -0.520. The van der Waals surface area contributed by atoms with Gasteiger partial charge in [-0.15, -0.1) is 12.4 Å². The summed E-state index contributed by atoms with van der Waals surface area (Å²) in [5.41, 5.74) is 0. The van der Waals surface area contributed by atoms with E-state index in [2.05, 4.69) is 28.2 Å². The molecule has 0 saturated carbocycles. The molecule has 0 spiro atoms. The highest BCUT2D eigenvalue weighted by molar-refractivity contribution is 9.10. The van der Waals surface area contributed by atoms with E-state index in [-0.39, 0.29) is 18.3 Å². The number of furan rings is 1. The summed E-state index contributed by atoms with van der Waals surface area (Å²) < 4.78 is 5.88. The molecule has 0 aliphatic carbocycles. The third-order valence-corrected chi connectivity index (χ3v) is 3.09. The van der Waals surface area contributed by atoms with Crippen LogP contribution in [0.2, 0.25) is 0 Å². The summed E-state index contributed by atoms with van der Waals surface area (Å²) in [5, 5.41) is 3.29. The lowest BCUT2D eigenvalue weighted by Crippen LogP contribution is -2.51. The molecule has 4 nitrogen and oxygen atoms in total. The van der Waals surface area contributed by atoms with E-state index in [1.165, 1.54) is 6.26 Å². The zero-order valence-corrected chi connectivity index (χ0v) is 11.3. The molecule has 0 radical (unpaired) electrons. The van der Waals surface area contributed by atoms with Crippen LogP contribution >= 0.6 is 28.3 Å². The number of rotatable bonds is 1. The molecule has 1 aromatic heterocycles. The molecule has 2 heterocycles. The Morgan fingerprint density at radius 3 is 3.00 bits per heavy atom. The lowest BCUT2D eigenvalue weighted by molar-refractivity contribution is 0.0675. The molecule has 16 heavy (non-hydrogen) atoms. The molecule has 1 aliphatic heterocycles. The summed E-state index contributed by atoms with van der Waals surface area (Å²) in [6.07, 6.45) is 1.52. The highest BCUT2D eigenvalue weighted by Gasteiger charge is 2.24. The van der Waals surface area contributed by atoms with Crippen LogP contribution in [-0.4, -0.2) is 36.5 Å². The Balaban J connectivity index is 0.00000128. The van der Waals surface area contributed by atoms with Gasteiger partial charge in [0.15, 0.2) is 0 Å². The maximum Gasteiger partial charge on any atom is 0.290 e. The minimum atomic E-state index is -0.0415. The summed E-state index contributed by atoms with van der Waals surface area (Å²) >= 11 is 3.29. The van der Waals surface area contributed by atoms with Crippen molar-refractivity contribution in [3.05, 3.63) is 22.6 Å². The van der Waals surface area contributed by atoms with E-state index in [1.807, 2.05) is 4.90 Å². The van der Waals surface area contributed by atoms with E-state index in [1.54, 1.807) is 6.07 Å². The quantitative estimate of drug-likeness (QED) is 0.862. The van der Waals surface area contributed by atoms with Crippen molar-refractivity contribution in [1.82, 2.24) is 10.2 Å². The van der Waals surface area contributed by atoms with E-state index in [0.29, 0.717) is 11.8 Å². The van der Waals surface area contributed by atoms with Crippen LogP contribution < -0.4 is 5.32 Å². The zero-order chi connectivity index (χ0) is 10.8. The number of hydrogen-bond donors (Lipinski definition) is 1. The van der Waals surface area contributed by atoms with E-state index in [0.717, 1.165) is 24.1 Å². The standard InChI is InChI=1S/C10H13BrN2O2.ClH/c1-7-6-13(4-3-12-7)10(14)9-8(11)2-5-15-9;/h2,5,7,12H,3-4,6H2,1H3;1H/t7-;/m1./s1. The zero-order valence-electron chi connectivity index (χ0n) is 8.90. The molecule has 1 amide bonds. The fraction of sp³-hybridized carbons (Fsp3) is 0.500. The number of nitrogens with zero attached hydrogens (tertiary/aromatic N) is 1. The number of hydrogen-bond acceptors (Lipinski definition) is 3. The van der Waals surface area contributed by atoms with Gasteiger partial charge in [-0.2, -0.15) is 0 Å². The maximum atomic E-state index is 12.0. The molecule has 0 bridgehead atoms. The predicted octanol–water partition coefficient (Wildman–Crippen LogP) is 1.90. The Labute approximate surface area is 109 Å². The summed E-state index contributed by atoms with van der Waals surface area (Å²) in [4.78, 5) is 13.8. The molecule has 1 saturated heterocycles. The molecule has 90 valence electrons. The number of piperazine rings is 1. The van der Waals surface area contributed by atoms with Crippen LogP contribution in [0.4, 0.5) is 0 Å². The van der Waals surface area contributed by atoms with Gasteiger partial charge in [-0.05, 0) is 28.9 Å². The number of carbonyl (C=O) groups is 1. The second-order valence-corrected chi connectivity index (χ2v) is 4.56. The number of halogens is 2. The molecular weight excluding hydrogens is 295 g/mol. The second-order valence-electron chi connectivity index (χ2n) is 3.70. The fourth-order valence-electron chi connectivity index (χ4n) is 1.71. The van der Waals surface area contributed by atoms with Crippen LogP contribution in [0.25, 0.3) is 0 Å². The van der Waals surface area contributed by atoms with Crippen LogP contribution in [0.15, 0.2) is 21.2 Å². The maximum absolute atomic E-state index is 12.0. The van der Waals surface area contributed by atoms with Crippen molar-refractivity contribution in [3.8, 4) is 0 Å². The summed E-state index contributed by atoms with van der Waals surface area (Å²) in [7, 11) is 0. The summed E-state index contributed by atoms with van der Waals surface area (Å²) in [6, 6.07) is 2.08. The molecule has 1 atom stereocenters. The summed E-state index contributed by atoms with van der Waals surface area (Å²) in [6.45, 7) is 4.37. The smallest absolute Gasteiger partial charge is 0.290 e. The summed E-state index contributed by atoms with van der Waals surface area (Å²) in [5.74, 6) is 0.351. The predicted molar refractivity (Wildman–Crippen MR) is 67.0 cm³/mol. The van der Waals surface area contributed by atoms with Gasteiger partial charge >= 0.3 is 0 Å². The van der Waals surface area contributed by atoms with E-state index < -0.39 is 0 Å². The molecule has 1 aromatic rings. The molecule has 1 N–H and O–H groups in total. The lowest BCUT2D eigenvalue weighted by Gasteiger charge is -2.31. The molecule has 0 unspecified atom stereocenters. The van der Waals surface area contributed by atoms with Gasteiger partial charge in [-0.1, -0.05) is 0 Å². The number of amides is 1. The third-order valence-electron chi connectivity index (χ3n) is 2.47. The van der Waals surface area contributed by atoms with Gasteiger partial charge in [-0.25, -0.2) is 0 Å². The van der Waals surface area contributed by atoms with E-state index in [4.69, 9.17) is 4.42 Å². The van der Waals surface area contributed by atoms with Gasteiger partial charge < -0.3 is 14.6 Å². The van der Waals surface area contributed by atoms with Crippen molar-refractivity contribution in [2.75, 3.05) is 19.6 Å². The Morgan fingerprint density at radius 1 is 1.69 bits per heavy atom. The van der Waals surface area contributed by atoms with Crippen molar-refractivity contribution in [2.24, 2.45) is 0 Å². The number of carbonyl (C=O) groups excluding carboxylic acids is 1. The molecule has 0 aromatic carbocycles. The first-order chi connectivity index (χ1) is 7.18. The average molecular weight is 310 g/mol. The Morgan fingerprint density at radius 2 is 2.44 bits per heavy atom. The monoisotopic (exact) mass is 308 g/mol. The molecule has 1 aliphatic rings. The molecule has 1 fully saturated rings.